The number of hydrogen-bond acceptors (Lipinski definition) is 4. The first-order valence-corrected chi connectivity index (χ1v) is 10.1. The Kier molecular flexibility index (Phi) is 5.10. The number of aromatic nitrogens is 2. The fourth-order valence-electron chi connectivity index (χ4n) is 4.13. The van der Waals surface area contributed by atoms with Gasteiger partial charge in [-0.25, -0.2) is 9.97 Å². The number of benzene rings is 1. The quantitative estimate of drug-likeness (QED) is 0.835. The molecule has 0 spiro atoms. The summed E-state index contributed by atoms with van der Waals surface area (Å²) in [4.78, 5) is 26.4. The van der Waals surface area contributed by atoms with E-state index in [9.17, 15) is 4.79 Å². The van der Waals surface area contributed by atoms with Crippen molar-refractivity contribution in [2.45, 2.75) is 39.5 Å². The fraction of sp³-hybridized carbons (Fsp3) is 0.500. The lowest BCUT2D eigenvalue weighted by molar-refractivity contribution is -0.135. The van der Waals surface area contributed by atoms with Gasteiger partial charge in [-0.1, -0.05) is 42.7 Å². The van der Waals surface area contributed by atoms with Crippen LogP contribution in [0.1, 0.15) is 36.9 Å². The van der Waals surface area contributed by atoms with E-state index in [1.807, 2.05) is 13.0 Å². The zero-order valence-corrected chi connectivity index (χ0v) is 16.3. The maximum Gasteiger partial charge on any atom is 0.225 e. The Balaban J connectivity index is 1.46. The Morgan fingerprint density at radius 1 is 0.963 bits per heavy atom. The van der Waals surface area contributed by atoms with Crippen LogP contribution < -0.4 is 4.90 Å². The number of carbonyl (C=O) groups excluding carboxylic acids is 1. The van der Waals surface area contributed by atoms with Crippen molar-refractivity contribution < 1.29 is 4.79 Å². The van der Waals surface area contributed by atoms with E-state index in [0.29, 0.717) is 5.91 Å². The molecule has 1 amide bonds. The summed E-state index contributed by atoms with van der Waals surface area (Å²) in [5.74, 6) is 2.37. The largest absolute Gasteiger partial charge is 0.353 e. The Morgan fingerprint density at radius 3 is 2.30 bits per heavy atom. The minimum atomic E-state index is 0.269. The van der Waals surface area contributed by atoms with Gasteiger partial charge in [0.05, 0.1) is 0 Å². The molecule has 1 aromatic heterocycles. The molecule has 4 rings (SSSR count). The van der Waals surface area contributed by atoms with Crippen LogP contribution in [0.2, 0.25) is 0 Å². The van der Waals surface area contributed by atoms with E-state index in [0.717, 1.165) is 61.9 Å². The van der Waals surface area contributed by atoms with Gasteiger partial charge in [-0.05, 0) is 26.7 Å². The molecule has 142 valence electrons. The van der Waals surface area contributed by atoms with Gasteiger partial charge < -0.3 is 9.80 Å². The first kappa shape index (κ1) is 18.0. The van der Waals surface area contributed by atoms with E-state index in [-0.39, 0.29) is 5.92 Å². The minimum absolute atomic E-state index is 0.269. The van der Waals surface area contributed by atoms with Crippen LogP contribution in [0.15, 0.2) is 30.3 Å². The van der Waals surface area contributed by atoms with Gasteiger partial charge in [-0.3, -0.25) is 4.79 Å². The molecular formula is C22H28N4O. The van der Waals surface area contributed by atoms with Crippen molar-refractivity contribution in [3.8, 4) is 11.4 Å². The minimum Gasteiger partial charge on any atom is -0.353 e. The summed E-state index contributed by atoms with van der Waals surface area (Å²) < 4.78 is 0. The lowest BCUT2D eigenvalue weighted by atomic mass is 10.1. The molecule has 1 saturated heterocycles. The van der Waals surface area contributed by atoms with E-state index in [1.165, 1.54) is 18.4 Å². The van der Waals surface area contributed by atoms with Crippen LogP contribution in [0.5, 0.6) is 0 Å². The van der Waals surface area contributed by atoms with E-state index >= 15 is 0 Å². The average molecular weight is 364 g/mol. The van der Waals surface area contributed by atoms with Gasteiger partial charge in [0.25, 0.3) is 0 Å². The van der Waals surface area contributed by atoms with Crippen molar-refractivity contribution in [1.29, 1.82) is 0 Å². The van der Waals surface area contributed by atoms with Crippen LogP contribution in [0.4, 0.5) is 5.82 Å². The summed E-state index contributed by atoms with van der Waals surface area (Å²) in [5, 5.41) is 0. The van der Waals surface area contributed by atoms with Crippen LogP contribution in [0.25, 0.3) is 11.4 Å². The molecule has 0 unspecified atom stereocenters. The van der Waals surface area contributed by atoms with Gasteiger partial charge in [0.2, 0.25) is 5.91 Å². The van der Waals surface area contributed by atoms with Crippen LogP contribution in [-0.2, 0) is 4.79 Å². The molecule has 0 N–H and O–H groups in total. The first-order chi connectivity index (χ1) is 13.1. The first-order valence-electron chi connectivity index (χ1n) is 10.1. The second-order valence-electron chi connectivity index (χ2n) is 7.85. The predicted octanol–water partition coefficient (Wildman–Crippen LogP) is 3.60. The maximum absolute atomic E-state index is 12.6. The number of nitrogens with zero attached hydrogens (tertiary/aromatic N) is 4. The Bertz CT molecular complexity index is 804. The molecule has 1 aliphatic heterocycles. The summed E-state index contributed by atoms with van der Waals surface area (Å²) in [5.41, 5.74) is 3.25. The van der Waals surface area contributed by atoms with Gasteiger partial charge in [-0.2, -0.15) is 0 Å². The van der Waals surface area contributed by atoms with E-state index < -0.39 is 0 Å². The molecule has 0 radical (unpaired) electrons. The summed E-state index contributed by atoms with van der Waals surface area (Å²) in [6.45, 7) is 7.35. The second kappa shape index (κ2) is 7.67. The SMILES string of the molecule is Cc1ccc(-c2nc(C)cc(N3CCN(C(=O)C4CCCC4)CC3)n2)cc1. The maximum atomic E-state index is 12.6. The lowest BCUT2D eigenvalue weighted by Crippen LogP contribution is -2.50. The normalized spacial score (nSPS) is 18.1. The molecule has 5 heteroatoms. The molecule has 0 atom stereocenters. The monoisotopic (exact) mass is 364 g/mol. The van der Waals surface area contributed by atoms with Gasteiger partial charge in [0, 0.05) is 49.4 Å². The van der Waals surface area contributed by atoms with E-state index in [4.69, 9.17) is 4.98 Å². The zero-order chi connectivity index (χ0) is 18.8. The molecule has 0 bridgehead atoms. The lowest BCUT2D eigenvalue weighted by Gasteiger charge is -2.36. The van der Waals surface area contributed by atoms with E-state index in [2.05, 4.69) is 46.0 Å². The number of anilines is 1. The highest BCUT2D eigenvalue weighted by molar-refractivity contribution is 5.79. The molecule has 2 heterocycles. The van der Waals surface area contributed by atoms with Crippen molar-refractivity contribution in [3.05, 3.63) is 41.6 Å². The molecule has 27 heavy (non-hydrogen) atoms. The standard InChI is InChI=1S/C22H28N4O/c1-16-7-9-18(10-8-16)21-23-17(2)15-20(24-21)25-11-13-26(14-12-25)22(27)19-5-3-4-6-19/h7-10,15,19H,3-6,11-14H2,1-2H3. The smallest absolute Gasteiger partial charge is 0.225 e. The summed E-state index contributed by atoms with van der Waals surface area (Å²) in [6, 6.07) is 10.4. The molecule has 2 aromatic rings. The third kappa shape index (κ3) is 3.97. The molecule has 1 saturated carbocycles. The zero-order valence-electron chi connectivity index (χ0n) is 16.3. The van der Waals surface area contributed by atoms with Crippen molar-refractivity contribution in [3.63, 3.8) is 0 Å². The molecule has 2 fully saturated rings. The van der Waals surface area contributed by atoms with Crippen LogP contribution in [0.3, 0.4) is 0 Å². The summed E-state index contributed by atoms with van der Waals surface area (Å²) in [6.07, 6.45) is 4.56. The van der Waals surface area contributed by atoms with E-state index in [1.54, 1.807) is 0 Å². The van der Waals surface area contributed by atoms with Crippen LogP contribution in [0, 0.1) is 19.8 Å². The molecule has 5 nitrogen and oxygen atoms in total. The molecular weight excluding hydrogens is 336 g/mol. The number of piperazine rings is 1. The number of amides is 1. The van der Waals surface area contributed by atoms with Gasteiger partial charge >= 0.3 is 0 Å². The Labute approximate surface area is 161 Å². The van der Waals surface area contributed by atoms with Gasteiger partial charge in [-0.15, -0.1) is 0 Å². The number of carbonyl (C=O) groups is 1. The highest BCUT2D eigenvalue weighted by Gasteiger charge is 2.29. The Morgan fingerprint density at radius 2 is 1.63 bits per heavy atom. The summed E-state index contributed by atoms with van der Waals surface area (Å²) in [7, 11) is 0. The third-order valence-electron chi connectivity index (χ3n) is 5.77. The van der Waals surface area contributed by atoms with Crippen LogP contribution in [-0.4, -0.2) is 47.0 Å². The molecule has 1 aliphatic carbocycles. The highest BCUT2D eigenvalue weighted by Crippen LogP contribution is 2.27. The van der Waals surface area contributed by atoms with Gasteiger partial charge in [0.1, 0.15) is 5.82 Å². The van der Waals surface area contributed by atoms with Crippen molar-refractivity contribution in [1.82, 2.24) is 14.9 Å². The van der Waals surface area contributed by atoms with Crippen molar-refractivity contribution >= 4 is 11.7 Å². The van der Waals surface area contributed by atoms with Crippen molar-refractivity contribution in [2.24, 2.45) is 5.92 Å². The third-order valence-corrected chi connectivity index (χ3v) is 5.77. The topological polar surface area (TPSA) is 49.3 Å². The van der Waals surface area contributed by atoms with Crippen molar-refractivity contribution in [2.75, 3.05) is 31.1 Å². The van der Waals surface area contributed by atoms with Gasteiger partial charge in [0.15, 0.2) is 5.82 Å². The number of rotatable bonds is 3. The average Bonchev–Trinajstić information content (AvgIpc) is 3.22. The second-order valence-corrected chi connectivity index (χ2v) is 7.85. The predicted molar refractivity (Wildman–Crippen MR) is 108 cm³/mol. The number of aryl methyl sites for hydroxylation is 2. The number of hydrogen-bond donors (Lipinski definition) is 0. The molecule has 2 aliphatic rings. The highest BCUT2D eigenvalue weighted by atomic mass is 16.2. The fourth-order valence-corrected chi connectivity index (χ4v) is 4.13. The summed E-state index contributed by atoms with van der Waals surface area (Å²) >= 11 is 0. The Hall–Kier alpha value is -2.43. The van der Waals surface area contributed by atoms with Crippen LogP contribution >= 0.6 is 0 Å². The molecule has 1 aromatic carbocycles.